The van der Waals surface area contributed by atoms with Gasteiger partial charge in [0.25, 0.3) is 0 Å². The number of ether oxygens (including phenoxy) is 1. The highest BCUT2D eigenvalue weighted by Gasteiger charge is 1.99. The van der Waals surface area contributed by atoms with Crippen molar-refractivity contribution in [2.24, 2.45) is 0 Å². The molecule has 0 aliphatic carbocycles. The first-order valence-electron chi connectivity index (χ1n) is 6.82. The van der Waals surface area contributed by atoms with Crippen molar-refractivity contribution in [3.63, 3.8) is 0 Å². The first-order chi connectivity index (χ1) is 8.76. The number of aliphatic hydroxyl groups is 1. The van der Waals surface area contributed by atoms with E-state index in [0.717, 1.165) is 25.3 Å². The minimum absolute atomic E-state index is 0.134. The largest absolute Gasteiger partial charge is 0.494 e. The summed E-state index contributed by atoms with van der Waals surface area (Å²) in [6, 6.07) is 8.27. The Morgan fingerprint density at radius 2 is 1.94 bits per heavy atom. The quantitative estimate of drug-likeness (QED) is 0.663. The number of rotatable bonds is 9. The zero-order chi connectivity index (χ0) is 13.2. The van der Waals surface area contributed by atoms with Crippen LogP contribution in [0.5, 0.6) is 5.75 Å². The van der Waals surface area contributed by atoms with Crippen molar-refractivity contribution in [2.45, 2.75) is 45.7 Å². The first-order valence-corrected chi connectivity index (χ1v) is 6.82. The van der Waals surface area contributed by atoms with Crippen molar-refractivity contribution >= 4 is 0 Å². The minimum Gasteiger partial charge on any atom is -0.494 e. The smallest absolute Gasteiger partial charge is 0.119 e. The predicted molar refractivity (Wildman–Crippen MR) is 74.8 cm³/mol. The second-order valence-electron chi connectivity index (χ2n) is 4.66. The highest BCUT2D eigenvalue weighted by molar-refractivity contribution is 5.27. The summed E-state index contributed by atoms with van der Waals surface area (Å²) in [4.78, 5) is 0. The highest BCUT2D eigenvalue weighted by Crippen LogP contribution is 2.12. The van der Waals surface area contributed by atoms with Gasteiger partial charge in [0.05, 0.1) is 13.2 Å². The Kier molecular flexibility index (Phi) is 7.46. The van der Waals surface area contributed by atoms with E-state index in [1.54, 1.807) is 0 Å². The van der Waals surface area contributed by atoms with Gasteiger partial charge >= 0.3 is 0 Å². The molecule has 0 saturated carbocycles. The van der Waals surface area contributed by atoms with E-state index < -0.39 is 0 Å². The lowest BCUT2D eigenvalue weighted by molar-refractivity contribution is 0.251. The fraction of sp³-hybridized carbons (Fsp3) is 0.600. The van der Waals surface area contributed by atoms with Gasteiger partial charge in [-0.3, -0.25) is 0 Å². The maximum Gasteiger partial charge on any atom is 0.119 e. The third-order valence-electron chi connectivity index (χ3n) is 2.87. The predicted octanol–water partition coefficient (Wildman–Crippen LogP) is 2.73. The van der Waals surface area contributed by atoms with Crippen LogP contribution < -0.4 is 10.1 Å². The lowest BCUT2D eigenvalue weighted by atomic mass is 10.2. The molecule has 3 nitrogen and oxygen atoms in total. The van der Waals surface area contributed by atoms with Crippen LogP contribution in [0.2, 0.25) is 0 Å². The molecule has 1 rings (SSSR count). The van der Waals surface area contributed by atoms with E-state index in [1.807, 2.05) is 19.1 Å². The van der Waals surface area contributed by atoms with Gasteiger partial charge in [-0.15, -0.1) is 0 Å². The third-order valence-corrected chi connectivity index (χ3v) is 2.87. The van der Waals surface area contributed by atoms with Gasteiger partial charge in [-0.05, 0) is 31.0 Å². The Morgan fingerprint density at radius 1 is 1.22 bits per heavy atom. The second-order valence-corrected chi connectivity index (χ2v) is 4.66. The highest BCUT2D eigenvalue weighted by atomic mass is 16.5. The minimum atomic E-state index is 0.134. The topological polar surface area (TPSA) is 41.5 Å². The summed E-state index contributed by atoms with van der Waals surface area (Å²) in [7, 11) is 0. The van der Waals surface area contributed by atoms with Crippen LogP contribution in [-0.4, -0.2) is 24.4 Å². The van der Waals surface area contributed by atoms with Gasteiger partial charge in [-0.2, -0.15) is 0 Å². The zero-order valence-corrected chi connectivity index (χ0v) is 11.5. The molecule has 0 amide bonds. The zero-order valence-electron chi connectivity index (χ0n) is 11.5. The summed E-state index contributed by atoms with van der Waals surface area (Å²) < 4.78 is 5.65. The summed E-state index contributed by atoms with van der Waals surface area (Å²) in [5.41, 5.74) is 1.20. The normalized spacial score (nSPS) is 12.4. The summed E-state index contributed by atoms with van der Waals surface area (Å²) in [5, 5.41) is 12.2. The van der Waals surface area contributed by atoms with E-state index in [1.165, 1.54) is 18.4 Å². The van der Waals surface area contributed by atoms with E-state index in [2.05, 4.69) is 24.4 Å². The fourth-order valence-electron chi connectivity index (χ4n) is 1.60. The standard InChI is InChI=1S/C15H25NO2/c1-3-4-5-10-18-15-8-6-14(7-9-15)11-16-13(2)12-17/h6-9,13,16-17H,3-5,10-12H2,1-2H3. The molecule has 0 aromatic heterocycles. The summed E-state index contributed by atoms with van der Waals surface area (Å²) in [6.07, 6.45) is 3.56. The van der Waals surface area contributed by atoms with E-state index in [9.17, 15) is 0 Å². The molecule has 1 aromatic rings. The number of hydrogen-bond donors (Lipinski definition) is 2. The van der Waals surface area contributed by atoms with Gasteiger partial charge in [-0.25, -0.2) is 0 Å². The average Bonchev–Trinajstić information content (AvgIpc) is 2.42. The van der Waals surface area contributed by atoms with Crippen molar-refractivity contribution in [2.75, 3.05) is 13.2 Å². The molecule has 0 radical (unpaired) electrons. The van der Waals surface area contributed by atoms with Crippen molar-refractivity contribution < 1.29 is 9.84 Å². The Morgan fingerprint density at radius 3 is 2.56 bits per heavy atom. The number of nitrogens with one attached hydrogen (secondary N) is 1. The van der Waals surface area contributed by atoms with Crippen LogP contribution in [0.25, 0.3) is 0 Å². The summed E-state index contributed by atoms with van der Waals surface area (Å²) in [5.74, 6) is 0.935. The molecular weight excluding hydrogens is 226 g/mol. The van der Waals surface area contributed by atoms with Gasteiger partial charge in [0.1, 0.15) is 5.75 Å². The van der Waals surface area contributed by atoms with Gasteiger partial charge in [-0.1, -0.05) is 31.9 Å². The summed E-state index contributed by atoms with van der Waals surface area (Å²) in [6.45, 7) is 5.89. The van der Waals surface area contributed by atoms with Crippen LogP contribution in [0.1, 0.15) is 38.7 Å². The molecule has 0 bridgehead atoms. The van der Waals surface area contributed by atoms with Gasteiger partial charge in [0.15, 0.2) is 0 Å². The average molecular weight is 251 g/mol. The number of hydrogen-bond acceptors (Lipinski definition) is 3. The molecule has 0 aliphatic rings. The number of aliphatic hydroxyl groups excluding tert-OH is 1. The molecule has 1 unspecified atom stereocenters. The number of benzene rings is 1. The monoisotopic (exact) mass is 251 g/mol. The molecule has 0 fully saturated rings. The van der Waals surface area contributed by atoms with E-state index in [0.29, 0.717) is 0 Å². The van der Waals surface area contributed by atoms with Crippen LogP contribution in [0.3, 0.4) is 0 Å². The van der Waals surface area contributed by atoms with Gasteiger partial charge in [0.2, 0.25) is 0 Å². The number of unbranched alkanes of at least 4 members (excludes halogenated alkanes) is 2. The molecule has 102 valence electrons. The van der Waals surface area contributed by atoms with E-state index in [4.69, 9.17) is 9.84 Å². The maximum atomic E-state index is 8.92. The van der Waals surface area contributed by atoms with Gasteiger partial charge in [0, 0.05) is 12.6 Å². The van der Waals surface area contributed by atoms with E-state index in [-0.39, 0.29) is 12.6 Å². The van der Waals surface area contributed by atoms with Crippen molar-refractivity contribution in [3.05, 3.63) is 29.8 Å². The first kappa shape index (κ1) is 15.0. The van der Waals surface area contributed by atoms with Crippen LogP contribution in [0.15, 0.2) is 24.3 Å². The third kappa shape index (κ3) is 6.03. The van der Waals surface area contributed by atoms with Crippen molar-refractivity contribution in [1.29, 1.82) is 0 Å². The lowest BCUT2D eigenvalue weighted by Gasteiger charge is -2.11. The molecule has 0 saturated heterocycles. The molecule has 2 N–H and O–H groups in total. The lowest BCUT2D eigenvalue weighted by Crippen LogP contribution is -2.28. The van der Waals surface area contributed by atoms with E-state index >= 15 is 0 Å². The maximum absolute atomic E-state index is 8.92. The Balaban J connectivity index is 2.28. The Hall–Kier alpha value is -1.06. The fourth-order valence-corrected chi connectivity index (χ4v) is 1.60. The summed E-state index contributed by atoms with van der Waals surface area (Å²) >= 11 is 0. The Bertz CT molecular complexity index is 311. The van der Waals surface area contributed by atoms with Crippen LogP contribution in [-0.2, 0) is 6.54 Å². The molecule has 0 aliphatic heterocycles. The molecule has 1 atom stereocenters. The molecule has 0 spiro atoms. The van der Waals surface area contributed by atoms with Crippen LogP contribution in [0, 0.1) is 0 Å². The molecule has 18 heavy (non-hydrogen) atoms. The molecule has 1 aromatic carbocycles. The van der Waals surface area contributed by atoms with Crippen LogP contribution in [0.4, 0.5) is 0 Å². The Labute approximate surface area is 110 Å². The molecular formula is C15H25NO2. The van der Waals surface area contributed by atoms with Crippen molar-refractivity contribution in [1.82, 2.24) is 5.32 Å². The SMILES string of the molecule is CCCCCOc1ccc(CNC(C)CO)cc1. The molecule has 3 heteroatoms. The second kappa shape index (κ2) is 8.95. The van der Waals surface area contributed by atoms with Crippen LogP contribution >= 0.6 is 0 Å². The van der Waals surface area contributed by atoms with Crippen molar-refractivity contribution in [3.8, 4) is 5.75 Å². The molecule has 0 heterocycles. The van der Waals surface area contributed by atoms with Gasteiger partial charge < -0.3 is 15.2 Å².